The van der Waals surface area contributed by atoms with Crippen molar-refractivity contribution in [2.24, 2.45) is 0 Å². The Hall–Kier alpha value is -3.35. The van der Waals surface area contributed by atoms with Crippen LogP contribution in [0.5, 0.6) is 5.75 Å². The van der Waals surface area contributed by atoms with E-state index in [9.17, 15) is 18.0 Å². The smallest absolute Gasteiger partial charge is 0.417 e. The number of aromatic nitrogens is 1. The molecule has 1 aliphatic rings. The zero-order chi connectivity index (χ0) is 20.4. The Balaban J connectivity index is 1.54. The molecule has 1 N–H and O–H groups in total. The second-order valence-electron chi connectivity index (χ2n) is 6.73. The third kappa shape index (κ3) is 3.94. The van der Waals surface area contributed by atoms with Crippen molar-refractivity contribution in [3.63, 3.8) is 0 Å². The molecule has 4 nitrogen and oxygen atoms in total. The Morgan fingerprint density at radius 3 is 2.62 bits per heavy atom. The number of amides is 1. The van der Waals surface area contributed by atoms with E-state index in [1.807, 2.05) is 6.07 Å². The van der Waals surface area contributed by atoms with Crippen molar-refractivity contribution in [1.82, 2.24) is 10.3 Å². The number of ether oxygens (including phenoxy) is 1. The van der Waals surface area contributed by atoms with Crippen LogP contribution in [0.3, 0.4) is 0 Å². The molecule has 0 aliphatic carbocycles. The number of para-hydroxylation sites is 1. The lowest BCUT2D eigenvalue weighted by Crippen LogP contribution is -2.34. The fourth-order valence-electron chi connectivity index (χ4n) is 3.44. The van der Waals surface area contributed by atoms with E-state index < -0.39 is 11.7 Å². The van der Waals surface area contributed by atoms with E-state index in [2.05, 4.69) is 10.3 Å². The molecule has 0 bridgehead atoms. The predicted molar refractivity (Wildman–Crippen MR) is 102 cm³/mol. The Labute approximate surface area is 165 Å². The number of halogens is 3. The van der Waals surface area contributed by atoms with Crippen LogP contribution in [-0.2, 0) is 12.6 Å². The first-order valence-corrected chi connectivity index (χ1v) is 9.07. The van der Waals surface area contributed by atoms with Gasteiger partial charge < -0.3 is 10.1 Å². The van der Waals surface area contributed by atoms with Crippen molar-refractivity contribution in [2.75, 3.05) is 6.54 Å². The summed E-state index contributed by atoms with van der Waals surface area (Å²) in [7, 11) is 0. The molecule has 7 heteroatoms. The van der Waals surface area contributed by atoms with Gasteiger partial charge in [-0.25, -0.2) is 0 Å². The van der Waals surface area contributed by atoms with E-state index in [1.165, 1.54) is 18.3 Å². The molecule has 29 heavy (non-hydrogen) atoms. The fourth-order valence-corrected chi connectivity index (χ4v) is 3.44. The van der Waals surface area contributed by atoms with E-state index in [-0.39, 0.29) is 24.1 Å². The highest BCUT2D eigenvalue weighted by atomic mass is 19.4. The molecular formula is C22H17F3N2O2. The largest absolute Gasteiger partial charge is 0.487 e. The summed E-state index contributed by atoms with van der Waals surface area (Å²) in [4.78, 5) is 16.1. The van der Waals surface area contributed by atoms with E-state index in [0.29, 0.717) is 23.3 Å². The normalized spacial score (nSPS) is 15.5. The van der Waals surface area contributed by atoms with E-state index in [1.54, 1.807) is 36.5 Å². The average molecular weight is 398 g/mol. The van der Waals surface area contributed by atoms with Gasteiger partial charge in [0.05, 0.1) is 17.7 Å². The van der Waals surface area contributed by atoms with Crippen LogP contribution in [0, 0.1) is 0 Å². The van der Waals surface area contributed by atoms with Gasteiger partial charge in [-0.2, -0.15) is 13.2 Å². The number of alkyl halides is 3. The molecule has 1 aromatic heterocycles. The Bertz CT molecular complexity index is 1040. The number of pyridine rings is 1. The minimum Gasteiger partial charge on any atom is -0.487 e. The highest BCUT2D eigenvalue weighted by Crippen LogP contribution is 2.43. The summed E-state index contributed by atoms with van der Waals surface area (Å²) in [5.74, 6) is 0.158. The standard InChI is InChI=1S/C22H17F3N2O2/c23-22(24,25)19-9-2-1-7-17(19)18-8-3-5-14-11-16(29-20(14)18)13-27-21(28)15-6-4-10-26-12-15/h1-10,12,16H,11,13H2,(H,27,28). The number of nitrogens with one attached hydrogen (secondary N) is 1. The first-order valence-electron chi connectivity index (χ1n) is 9.07. The molecule has 2 heterocycles. The van der Waals surface area contributed by atoms with Gasteiger partial charge in [-0.3, -0.25) is 9.78 Å². The van der Waals surface area contributed by atoms with Crippen LogP contribution in [0.15, 0.2) is 67.0 Å². The molecular weight excluding hydrogens is 381 g/mol. The van der Waals surface area contributed by atoms with Gasteiger partial charge in [0.15, 0.2) is 0 Å². The van der Waals surface area contributed by atoms with Crippen LogP contribution in [0.25, 0.3) is 11.1 Å². The van der Waals surface area contributed by atoms with Gasteiger partial charge in [-0.05, 0) is 29.3 Å². The Kier molecular flexibility index (Phi) is 4.96. The second kappa shape index (κ2) is 7.58. The zero-order valence-corrected chi connectivity index (χ0v) is 15.2. The van der Waals surface area contributed by atoms with Crippen molar-refractivity contribution in [3.05, 3.63) is 83.7 Å². The van der Waals surface area contributed by atoms with Crippen LogP contribution >= 0.6 is 0 Å². The summed E-state index contributed by atoms with van der Waals surface area (Å²) in [6.45, 7) is 0.239. The summed E-state index contributed by atoms with van der Waals surface area (Å²) in [6.07, 6.45) is -1.27. The Morgan fingerprint density at radius 1 is 1.07 bits per heavy atom. The van der Waals surface area contributed by atoms with Gasteiger partial charge in [0, 0.05) is 24.4 Å². The maximum atomic E-state index is 13.4. The van der Waals surface area contributed by atoms with Crippen LogP contribution in [0.2, 0.25) is 0 Å². The third-order valence-electron chi connectivity index (χ3n) is 4.77. The lowest BCUT2D eigenvalue weighted by atomic mass is 9.96. The summed E-state index contributed by atoms with van der Waals surface area (Å²) in [5.41, 5.74) is 1.03. The highest BCUT2D eigenvalue weighted by molar-refractivity contribution is 5.93. The van der Waals surface area contributed by atoms with Gasteiger partial charge in [0.2, 0.25) is 0 Å². The zero-order valence-electron chi connectivity index (χ0n) is 15.2. The maximum Gasteiger partial charge on any atom is 0.417 e. The molecule has 2 aromatic carbocycles. The van der Waals surface area contributed by atoms with Gasteiger partial charge in [0.1, 0.15) is 11.9 Å². The van der Waals surface area contributed by atoms with Crippen LogP contribution in [0.4, 0.5) is 13.2 Å². The summed E-state index contributed by atoms with van der Waals surface area (Å²) < 4.78 is 46.3. The molecule has 1 amide bonds. The SMILES string of the molecule is O=C(NCC1Cc2cccc(-c3ccccc3C(F)(F)F)c2O1)c1cccnc1. The van der Waals surface area contributed by atoms with Gasteiger partial charge in [-0.1, -0.05) is 36.4 Å². The summed E-state index contributed by atoms with van der Waals surface area (Å²) in [5, 5.41) is 2.79. The lowest BCUT2D eigenvalue weighted by Gasteiger charge is -2.16. The van der Waals surface area contributed by atoms with Crippen molar-refractivity contribution in [2.45, 2.75) is 18.7 Å². The van der Waals surface area contributed by atoms with E-state index in [0.717, 1.165) is 11.6 Å². The van der Waals surface area contributed by atoms with Crippen molar-refractivity contribution in [1.29, 1.82) is 0 Å². The highest BCUT2D eigenvalue weighted by Gasteiger charge is 2.35. The minimum absolute atomic E-state index is 0.0805. The molecule has 0 saturated carbocycles. The van der Waals surface area contributed by atoms with Gasteiger partial charge in [-0.15, -0.1) is 0 Å². The number of carbonyl (C=O) groups is 1. The molecule has 148 valence electrons. The number of nitrogens with zero attached hydrogens (tertiary/aromatic N) is 1. The van der Waals surface area contributed by atoms with Crippen LogP contribution in [0.1, 0.15) is 21.5 Å². The molecule has 0 radical (unpaired) electrons. The van der Waals surface area contributed by atoms with E-state index in [4.69, 9.17) is 4.74 Å². The van der Waals surface area contributed by atoms with Gasteiger partial charge >= 0.3 is 6.18 Å². The predicted octanol–water partition coefficient (Wildman–Crippen LogP) is 4.50. The van der Waals surface area contributed by atoms with Crippen LogP contribution in [-0.4, -0.2) is 23.5 Å². The third-order valence-corrected chi connectivity index (χ3v) is 4.77. The number of rotatable bonds is 4. The molecule has 3 aromatic rings. The first-order chi connectivity index (χ1) is 13.9. The average Bonchev–Trinajstić information content (AvgIpc) is 3.15. The maximum absolute atomic E-state index is 13.4. The number of hydrogen-bond donors (Lipinski definition) is 1. The quantitative estimate of drug-likeness (QED) is 0.704. The molecule has 1 atom stereocenters. The topological polar surface area (TPSA) is 51.2 Å². The van der Waals surface area contributed by atoms with Gasteiger partial charge in [0.25, 0.3) is 5.91 Å². The van der Waals surface area contributed by atoms with E-state index >= 15 is 0 Å². The first kappa shape index (κ1) is 19.0. The summed E-state index contributed by atoms with van der Waals surface area (Å²) in [6, 6.07) is 13.9. The molecule has 0 fully saturated rings. The van der Waals surface area contributed by atoms with Crippen molar-refractivity contribution < 1.29 is 22.7 Å². The minimum atomic E-state index is -4.46. The lowest BCUT2D eigenvalue weighted by molar-refractivity contribution is -0.137. The Morgan fingerprint density at radius 2 is 1.86 bits per heavy atom. The molecule has 1 unspecified atom stereocenters. The second-order valence-corrected chi connectivity index (χ2v) is 6.73. The van der Waals surface area contributed by atoms with Crippen molar-refractivity contribution in [3.8, 4) is 16.9 Å². The molecule has 1 aliphatic heterocycles. The number of carbonyl (C=O) groups excluding carboxylic acids is 1. The number of benzene rings is 2. The number of fused-ring (bicyclic) bond motifs is 1. The number of hydrogen-bond acceptors (Lipinski definition) is 3. The van der Waals surface area contributed by atoms with Crippen molar-refractivity contribution >= 4 is 5.91 Å². The fraction of sp³-hybridized carbons (Fsp3) is 0.182. The molecule has 0 spiro atoms. The van der Waals surface area contributed by atoms with Crippen LogP contribution < -0.4 is 10.1 Å². The monoisotopic (exact) mass is 398 g/mol. The molecule has 4 rings (SSSR count). The molecule has 0 saturated heterocycles. The summed E-state index contributed by atoms with van der Waals surface area (Å²) >= 11 is 0.